The van der Waals surface area contributed by atoms with Crippen LogP contribution >= 0.6 is 0 Å². The van der Waals surface area contributed by atoms with E-state index >= 15 is 0 Å². The number of hydrogen-bond donors (Lipinski definition) is 1. The van der Waals surface area contributed by atoms with Crippen molar-refractivity contribution in [3.05, 3.63) is 71.0 Å². The van der Waals surface area contributed by atoms with Gasteiger partial charge in [0.25, 0.3) is 0 Å². The highest BCUT2D eigenvalue weighted by Crippen LogP contribution is 2.20. The molecule has 166 valence electrons. The summed E-state index contributed by atoms with van der Waals surface area (Å²) in [6.07, 6.45) is 5.89. The zero-order valence-electron chi connectivity index (χ0n) is 18.6. The van der Waals surface area contributed by atoms with Crippen LogP contribution < -0.4 is 5.32 Å². The predicted octanol–water partition coefficient (Wildman–Crippen LogP) is 4.93. The molecule has 1 atom stereocenters. The first-order chi connectivity index (χ1) is 15.0. The molecule has 2 amide bonds. The Balaban J connectivity index is 1.83. The van der Waals surface area contributed by atoms with Crippen LogP contribution in [0.3, 0.4) is 0 Å². The van der Waals surface area contributed by atoms with E-state index in [1.54, 1.807) is 23.1 Å². The molecule has 0 spiro atoms. The van der Waals surface area contributed by atoms with Gasteiger partial charge in [0.05, 0.1) is 6.42 Å². The van der Waals surface area contributed by atoms with Crippen LogP contribution in [-0.2, 0) is 22.6 Å². The van der Waals surface area contributed by atoms with Gasteiger partial charge in [0.15, 0.2) is 0 Å². The van der Waals surface area contributed by atoms with Crippen molar-refractivity contribution >= 4 is 11.8 Å². The van der Waals surface area contributed by atoms with Gasteiger partial charge in [-0.3, -0.25) is 9.59 Å². The van der Waals surface area contributed by atoms with Crippen molar-refractivity contribution in [3.63, 3.8) is 0 Å². The molecule has 3 rings (SSSR count). The minimum atomic E-state index is -0.583. The van der Waals surface area contributed by atoms with Crippen LogP contribution in [0.1, 0.15) is 62.1 Å². The highest BCUT2D eigenvalue weighted by atomic mass is 19.1. The number of aryl methyl sites for hydroxylation is 1. The van der Waals surface area contributed by atoms with Gasteiger partial charge in [-0.1, -0.05) is 68.7 Å². The third-order valence-corrected chi connectivity index (χ3v) is 6.24. The van der Waals surface area contributed by atoms with Crippen molar-refractivity contribution in [2.75, 3.05) is 0 Å². The highest BCUT2D eigenvalue weighted by molar-refractivity contribution is 5.88. The van der Waals surface area contributed by atoms with Crippen LogP contribution in [0.15, 0.2) is 48.5 Å². The first-order valence-electron chi connectivity index (χ1n) is 11.4. The molecular weight excluding hydrogens is 391 g/mol. The highest BCUT2D eigenvalue weighted by Gasteiger charge is 2.30. The van der Waals surface area contributed by atoms with Crippen molar-refractivity contribution < 1.29 is 14.0 Å². The van der Waals surface area contributed by atoms with E-state index in [1.165, 1.54) is 12.5 Å². The first kappa shape index (κ1) is 23.0. The van der Waals surface area contributed by atoms with Gasteiger partial charge in [-0.2, -0.15) is 0 Å². The maximum absolute atomic E-state index is 14.2. The minimum absolute atomic E-state index is 0.0637. The number of carbonyl (C=O) groups is 2. The summed E-state index contributed by atoms with van der Waals surface area (Å²) in [5, 5.41) is 3.17. The van der Waals surface area contributed by atoms with E-state index in [0.29, 0.717) is 18.5 Å². The molecule has 0 heterocycles. The molecule has 0 saturated heterocycles. The third kappa shape index (κ3) is 6.16. The second kappa shape index (κ2) is 11.1. The van der Waals surface area contributed by atoms with E-state index in [1.807, 2.05) is 38.1 Å². The minimum Gasteiger partial charge on any atom is -0.352 e. The summed E-state index contributed by atoms with van der Waals surface area (Å²) in [5.41, 5.74) is 2.41. The summed E-state index contributed by atoms with van der Waals surface area (Å²) < 4.78 is 14.2. The zero-order valence-corrected chi connectivity index (χ0v) is 18.6. The molecule has 2 aromatic carbocycles. The van der Waals surface area contributed by atoms with Crippen molar-refractivity contribution in [1.29, 1.82) is 0 Å². The van der Waals surface area contributed by atoms with Gasteiger partial charge in [0.1, 0.15) is 11.9 Å². The topological polar surface area (TPSA) is 49.4 Å². The van der Waals surface area contributed by atoms with Gasteiger partial charge < -0.3 is 10.2 Å². The van der Waals surface area contributed by atoms with E-state index in [4.69, 9.17) is 0 Å². The van der Waals surface area contributed by atoms with Gasteiger partial charge >= 0.3 is 0 Å². The number of nitrogens with one attached hydrogen (secondary N) is 1. The molecule has 1 aliphatic rings. The van der Waals surface area contributed by atoms with E-state index in [0.717, 1.165) is 36.8 Å². The molecule has 5 heteroatoms. The Morgan fingerprint density at radius 3 is 2.32 bits per heavy atom. The summed E-state index contributed by atoms with van der Waals surface area (Å²) in [5.74, 6) is -0.740. The first-order valence-corrected chi connectivity index (χ1v) is 11.4. The standard InChI is InChI=1S/C26H33FN2O2/c1-3-24(26(31)28-22-14-5-4-6-15-22)29(18-21-13-8-7-11-19(21)2)25(30)17-20-12-9-10-16-23(20)27/h7-13,16,22,24H,3-6,14-15,17-18H2,1-2H3,(H,28,31). The Labute approximate surface area is 184 Å². The Hall–Kier alpha value is -2.69. The SMILES string of the molecule is CCC(C(=O)NC1CCCCC1)N(Cc1ccccc1C)C(=O)Cc1ccccc1F. The summed E-state index contributed by atoms with van der Waals surface area (Å²) in [6, 6.07) is 13.8. The second-order valence-electron chi connectivity index (χ2n) is 8.48. The number of benzene rings is 2. The maximum Gasteiger partial charge on any atom is 0.243 e. The third-order valence-electron chi connectivity index (χ3n) is 6.24. The lowest BCUT2D eigenvalue weighted by molar-refractivity contribution is -0.141. The smallest absolute Gasteiger partial charge is 0.243 e. The Morgan fingerprint density at radius 1 is 1.03 bits per heavy atom. The molecular formula is C26H33FN2O2. The average molecular weight is 425 g/mol. The summed E-state index contributed by atoms with van der Waals surface area (Å²) in [4.78, 5) is 28.2. The van der Waals surface area contributed by atoms with Gasteiger partial charge in [-0.25, -0.2) is 4.39 Å². The van der Waals surface area contributed by atoms with Crippen LogP contribution in [0, 0.1) is 12.7 Å². The molecule has 1 unspecified atom stereocenters. The molecule has 1 fully saturated rings. The number of rotatable bonds is 8. The van der Waals surface area contributed by atoms with Gasteiger partial charge in [0.2, 0.25) is 11.8 Å². The fourth-order valence-electron chi connectivity index (χ4n) is 4.34. The number of nitrogens with zero attached hydrogens (tertiary/aromatic N) is 1. The van der Waals surface area contributed by atoms with E-state index in [-0.39, 0.29) is 24.3 Å². The molecule has 0 radical (unpaired) electrons. The number of hydrogen-bond acceptors (Lipinski definition) is 2. The van der Waals surface area contributed by atoms with Crippen LogP contribution in [0.2, 0.25) is 0 Å². The van der Waals surface area contributed by atoms with Crippen LogP contribution in [0.4, 0.5) is 4.39 Å². The van der Waals surface area contributed by atoms with Crippen LogP contribution in [-0.4, -0.2) is 28.8 Å². The van der Waals surface area contributed by atoms with E-state index in [2.05, 4.69) is 5.32 Å². The summed E-state index contributed by atoms with van der Waals surface area (Å²) in [6.45, 7) is 4.25. The molecule has 0 aromatic heterocycles. The molecule has 1 aliphatic carbocycles. The predicted molar refractivity (Wildman–Crippen MR) is 121 cm³/mol. The summed E-state index contributed by atoms with van der Waals surface area (Å²) in [7, 11) is 0. The molecule has 2 aromatic rings. The van der Waals surface area contributed by atoms with E-state index in [9.17, 15) is 14.0 Å². The van der Waals surface area contributed by atoms with Crippen molar-refractivity contribution in [1.82, 2.24) is 10.2 Å². The number of halogens is 1. The largest absolute Gasteiger partial charge is 0.352 e. The number of carbonyl (C=O) groups excluding carboxylic acids is 2. The van der Waals surface area contributed by atoms with Gasteiger partial charge in [0, 0.05) is 12.6 Å². The van der Waals surface area contributed by atoms with Crippen molar-refractivity contribution in [3.8, 4) is 0 Å². The lowest BCUT2D eigenvalue weighted by Gasteiger charge is -2.33. The zero-order chi connectivity index (χ0) is 22.2. The lowest BCUT2D eigenvalue weighted by atomic mass is 9.95. The Kier molecular flexibility index (Phi) is 8.21. The lowest BCUT2D eigenvalue weighted by Crippen LogP contribution is -2.52. The average Bonchev–Trinajstić information content (AvgIpc) is 2.77. The van der Waals surface area contributed by atoms with Crippen LogP contribution in [0.25, 0.3) is 0 Å². The summed E-state index contributed by atoms with van der Waals surface area (Å²) >= 11 is 0. The second-order valence-corrected chi connectivity index (χ2v) is 8.48. The van der Waals surface area contributed by atoms with Gasteiger partial charge in [-0.05, 0) is 48.9 Å². The maximum atomic E-state index is 14.2. The Bertz CT molecular complexity index is 892. The molecule has 1 saturated carbocycles. The Morgan fingerprint density at radius 2 is 1.68 bits per heavy atom. The quantitative estimate of drug-likeness (QED) is 0.653. The molecule has 0 bridgehead atoms. The fraction of sp³-hybridized carbons (Fsp3) is 0.462. The van der Waals surface area contributed by atoms with Crippen molar-refractivity contribution in [2.45, 2.75) is 77.4 Å². The molecule has 0 aliphatic heterocycles. The monoisotopic (exact) mass is 424 g/mol. The van der Waals surface area contributed by atoms with Crippen molar-refractivity contribution in [2.24, 2.45) is 0 Å². The van der Waals surface area contributed by atoms with Gasteiger partial charge in [-0.15, -0.1) is 0 Å². The molecule has 31 heavy (non-hydrogen) atoms. The molecule has 4 nitrogen and oxygen atoms in total. The van der Waals surface area contributed by atoms with E-state index < -0.39 is 11.9 Å². The van der Waals surface area contributed by atoms with Crippen LogP contribution in [0.5, 0.6) is 0 Å². The fourth-order valence-corrected chi connectivity index (χ4v) is 4.34. The normalized spacial score (nSPS) is 15.3. The number of amides is 2. The molecule has 1 N–H and O–H groups in total.